The predicted molar refractivity (Wildman–Crippen MR) is 74.3 cm³/mol. The van der Waals surface area contributed by atoms with Gasteiger partial charge >= 0.3 is 0 Å². The second kappa shape index (κ2) is 5.67. The Kier molecular flexibility index (Phi) is 3.76. The highest BCUT2D eigenvalue weighted by molar-refractivity contribution is 5.93. The normalized spacial score (nSPS) is 29.6. The van der Waals surface area contributed by atoms with E-state index in [0.717, 1.165) is 12.4 Å². The maximum absolute atomic E-state index is 4.53. The van der Waals surface area contributed by atoms with Crippen LogP contribution in [-0.4, -0.2) is 48.2 Å². The van der Waals surface area contributed by atoms with Crippen molar-refractivity contribution in [1.29, 1.82) is 0 Å². The zero-order chi connectivity index (χ0) is 12.2. The fraction of sp³-hybridized carbons (Fsp3) is 0.643. The van der Waals surface area contributed by atoms with E-state index >= 15 is 0 Å². The molecule has 98 valence electrons. The molecule has 3 heterocycles. The largest absolute Gasteiger partial charge is 0.354 e. The van der Waals surface area contributed by atoms with Crippen LogP contribution < -0.4 is 5.32 Å². The fourth-order valence-electron chi connectivity index (χ4n) is 2.95. The van der Waals surface area contributed by atoms with E-state index in [-0.39, 0.29) is 0 Å². The Morgan fingerprint density at radius 1 is 1.11 bits per heavy atom. The smallest absolute Gasteiger partial charge is 0.122 e. The van der Waals surface area contributed by atoms with E-state index in [9.17, 15) is 0 Å². The number of nitrogens with one attached hydrogen (secondary N) is 1. The molecule has 0 radical (unpaired) electrons. The van der Waals surface area contributed by atoms with Crippen LogP contribution in [0.2, 0.25) is 0 Å². The summed E-state index contributed by atoms with van der Waals surface area (Å²) in [4.78, 5) is 4.53. The quantitative estimate of drug-likeness (QED) is 0.801. The van der Waals surface area contributed by atoms with E-state index in [4.69, 9.17) is 0 Å². The summed E-state index contributed by atoms with van der Waals surface area (Å²) in [5.74, 6) is 1.02. The molecule has 2 fully saturated rings. The number of aliphatic imine (C=N–C) groups is 1. The van der Waals surface area contributed by atoms with Gasteiger partial charge in [-0.05, 0) is 31.8 Å². The molecule has 0 spiro atoms. The highest BCUT2D eigenvalue weighted by Gasteiger charge is 2.30. The first kappa shape index (κ1) is 11.9. The predicted octanol–water partition coefficient (Wildman–Crippen LogP) is 1.53. The Balaban J connectivity index is 1.62. The summed E-state index contributed by atoms with van der Waals surface area (Å²) in [5.41, 5.74) is 0. The molecule has 0 bridgehead atoms. The Morgan fingerprint density at radius 2 is 2.00 bits per heavy atom. The molecule has 3 aliphatic rings. The third-order valence-electron chi connectivity index (χ3n) is 3.85. The molecule has 0 saturated carbocycles. The highest BCUT2D eigenvalue weighted by Crippen LogP contribution is 2.21. The minimum atomic E-state index is 0.435. The van der Waals surface area contributed by atoms with Gasteiger partial charge in [0.15, 0.2) is 0 Å². The lowest BCUT2D eigenvalue weighted by Gasteiger charge is -2.33. The van der Waals surface area contributed by atoms with Crippen LogP contribution in [0.4, 0.5) is 0 Å². The third-order valence-corrected chi connectivity index (χ3v) is 3.85. The van der Waals surface area contributed by atoms with E-state index in [2.05, 4.69) is 44.6 Å². The molecule has 2 saturated heterocycles. The Labute approximate surface area is 109 Å². The fourth-order valence-corrected chi connectivity index (χ4v) is 2.95. The Hall–Kier alpha value is -1.13. The van der Waals surface area contributed by atoms with Gasteiger partial charge in [0.1, 0.15) is 5.84 Å². The van der Waals surface area contributed by atoms with E-state index < -0.39 is 0 Å². The van der Waals surface area contributed by atoms with Crippen molar-refractivity contribution in [2.45, 2.75) is 31.8 Å². The summed E-state index contributed by atoms with van der Waals surface area (Å²) in [6.07, 6.45) is 13.9. The van der Waals surface area contributed by atoms with Gasteiger partial charge in [0, 0.05) is 19.6 Å². The molecule has 1 N–H and O–H groups in total. The van der Waals surface area contributed by atoms with Crippen LogP contribution in [0.5, 0.6) is 0 Å². The van der Waals surface area contributed by atoms with Gasteiger partial charge in [-0.3, -0.25) is 4.99 Å². The molecule has 4 nitrogen and oxygen atoms in total. The number of rotatable bonds is 2. The lowest BCUT2D eigenvalue weighted by molar-refractivity contribution is -0.0200. The number of hydrazine groups is 1. The van der Waals surface area contributed by atoms with Crippen molar-refractivity contribution in [3.63, 3.8) is 0 Å². The number of nitrogens with zero attached hydrogens (tertiary/aromatic N) is 3. The van der Waals surface area contributed by atoms with Gasteiger partial charge in [-0.2, -0.15) is 0 Å². The second-order valence-electron chi connectivity index (χ2n) is 5.14. The molecule has 4 heteroatoms. The Morgan fingerprint density at radius 3 is 2.89 bits per heavy atom. The monoisotopic (exact) mass is 246 g/mol. The van der Waals surface area contributed by atoms with E-state index in [1.165, 1.54) is 45.3 Å². The molecule has 0 aromatic heterocycles. The van der Waals surface area contributed by atoms with Gasteiger partial charge in [0.25, 0.3) is 0 Å². The van der Waals surface area contributed by atoms with Gasteiger partial charge in [0.05, 0.1) is 12.7 Å². The zero-order valence-corrected chi connectivity index (χ0v) is 10.9. The average Bonchev–Trinajstić information content (AvgIpc) is 2.97. The summed E-state index contributed by atoms with van der Waals surface area (Å²) in [6, 6.07) is 0. The van der Waals surface area contributed by atoms with Gasteiger partial charge in [0.2, 0.25) is 0 Å². The average molecular weight is 246 g/mol. The van der Waals surface area contributed by atoms with E-state index in [0.29, 0.717) is 6.17 Å². The van der Waals surface area contributed by atoms with Gasteiger partial charge in [-0.15, -0.1) is 0 Å². The van der Waals surface area contributed by atoms with Crippen molar-refractivity contribution in [2.75, 3.05) is 26.2 Å². The van der Waals surface area contributed by atoms with Crippen LogP contribution in [0, 0.1) is 0 Å². The molecule has 3 rings (SSSR count). The van der Waals surface area contributed by atoms with E-state index in [1.54, 1.807) is 0 Å². The van der Waals surface area contributed by atoms with Gasteiger partial charge < -0.3 is 5.32 Å². The van der Waals surface area contributed by atoms with Crippen LogP contribution in [0.15, 0.2) is 29.3 Å². The summed E-state index contributed by atoms with van der Waals surface area (Å²) >= 11 is 0. The summed E-state index contributed by atoms with van der Waals surface area (Å²) in [5, 5.41) is 8.63. The first-order valence-corrected chi connectivity index (χ1v) is 7.09. The highest BCUT2D eigenvalue weighted by atomic mass is 15.7. The first-order chi connectivity index (χ1) is 8.93. The van der Waals surface area contributed by atoms with Crippen molar-refractivity contribution in [1.82, 2.24) is 15.3 Å². The molecule has 18 heavy (non-hydrogen) atoms. The molecule has 1 atom stereocenters. The van der Waals surface area contributed by atoms with Gasteiger partial charge in [-0.1, -0.05) is 18.2 Å². The standard InChI is InChI=1S/C14H22N4/c1-2-7-13(15-9-3-1)16-14-8-6-12-18(14)17-10-4-5-11-17/h1-3,7,14H,4-6,8-12H2,(H,15,16). The first-order valence-electron chi connectivity index (χ1n) is 7.09. The number of hydrogen-bond donors (Lipinski definition) is 1. The van der Waals surface area contributed by atoms with Crippen molar-refractivity contribution >= 4 is 5.84 Å². The summed E-state index contributed by atoms with van der Waals surface area (Å²) in [7, 11) is 0. The molecule has 3 aliphatic heterocycles. The van der Waals surface area contributed by atoms with Crippen LogP contribution in [0.3, 0.4) is 0 Å². The minimum Gasteiger partial charge on any atom is -0.354 e. The van der Waals surface area contributed by atoms with E-state index in [1.807, 2.05) is 0 Å². The van der Waals surface area contributed by atoms with Crippen LogP contribution in [0.1, 0.15) is 25.7 Å². The molecule has 0 aromatic rings. The molecule has 0 aromatic carbocycles. The Bertz CT molecular complexity index is 366. The summed E-state index contributed by atoms with van der Waals surface area (Å²) in [6.45, 7) is 4.42. The zero-order valence-electron chi connectivity index (χ0n) is 10.9. The third kappa shape index (κ3) is 2.65. The van der Waals surface area contributed by atoms with Crippen LogP contribution >= 0.6 is 0 Å². The van der Waals surface area contributed by atoms with Crippen LogP contribution in [0.25, 0.3) is 0 Å². The maximum Gasteiger partial charge on any atom is 0.122 e. The van der Waals surface area contributed by atoms with Crippen molar-refractivity contribution in [2.24, 2.45) is 4.99 Å². The van der Waals surface area contributed by atoms with Crippen molar-refractivity contribution in [3.05, 3.63) is 24.3 Å². The van der Waals surface area contributed by atoms with Crippen LogP contribution in [-0.2, 0) is 0 Å². The van der Waals surface area contributed by atoms with Gasteiger partial charge in [-0.25, -0.2) is 10.0 Å². The lowest BCUT2D eigenvalue weighted by Crippen LogP contribution is -2.51. The second-order valence-corrected chi connectivity index (χ2v) is 5.14. The number of hydrogen-bond acceptors (Lipinski definition) is 4. The van der Waals surface area contributed by atoms with Crippen molar-refractivity contribution in [3.8, 4) is 0 Å². The molecule has 0 amide bonds. The minimum absolute atomic E-state index is 0.435. The number of allylic oxidation sites excluding steroid dienone is 2. The molecule has 1 unspecified atom stereocenters. The van der Waals surface area contributed by atoms with Crippen molar-refractivity contribution < 1.29 is 0 Å². The molecular formula is C14H22N4. The molecule has 0 aliphatic carbocycles. The number of amidine groups is 1. The lowest BCUT2D eigenvalue weighted by atomic mass is 10.3. The topological polar surface area (TPSA) is 30.9 Å². The SMILES string of the molecule is C1=CCN=C(NC2CCCN2N2CCCC2)C=C1. The maximum atomic E-state index is 4.53. The molecular weight excluding hydrogens is 224 g/mol. The summed E-state index contributed by atoms with van der Waals surface area (Å²) < 4.78 is 0.